The van der Waals surface area contributed by atoms with Crippen LogP contribution in [0.5, 0.6) is 0 Å². The van der Waals surface area contributed by atoms with Crippen LogP contribution in [-0.4, -0.2) is 11.5 Å². The molecule has 1 N–H and O–H groups in total. The molecule has 0 aliphatic heterocycles. The number of pyridine rings is 1. The van der Waals surface area contributed by atoms with E-state index in [9.17, 15) is 0 Å². The van der Waals surface area contributed by atoms with Crippen molar-refractivity contribution < 1.29 is 0 Å². The van der Waals surface area contributed by atoms with Gasteiger partial charge in [0.15, 0.2) is 0 Å². The topological polar surface area (TPSA) is 24.9 Å². The van der Waals surface area contributed by atoms with Gasteiger partial charge in [-0.15, -0.1) is 0 Å². The SMILES string of the molecule is CCNC(c1cccc2cnccc12)C(C)C(C)C. The van der Waals surface area contributed by atoms with E-state index in [1.807, 2.05) is 12.4 Å². The van der Waals surface area contributed by atoms with Gasteiger partial charge < -0.3 is 5.32 Å². The van der Waals surface area contributed by atoms with Gasteiger partial charge in [-0.2, -0.15) is 0 Å². The minimum absolute atomic E-state index is 0.399. The van der Waals surface area contributed by atoms with Crippen molar-refractivity contribution in [2.75, 3.05) is 6.54 Å². The molecule has 0 fully saturated rings. The second-order valence-electron chi connectivity index (χ2n) is 5.58. The van der Waals surface area contributed by atoms with Crippen LogP contribution in [0.1, 0.15) is 39.3 Å². The smallest absolute Gasteiger partial charge is 0.0354 e. The van der Waals surface area contributed by atoms with Gasteiger partial charge in [-0.3, -0.25) is 4.98 Å². The number of hydrogen-bond donors (Lipinski definition) is 1. The molecule has 2 atom stereocenters. The maximum Gasteiger partial charge on any atom is 0.0354 e. The summed E-state index contributed by atoms with van der Waals surface area (Å²) in [5, 5.41) is 6.19. The van der Waals surface area contributed by atoms with Crippen molar-refractivity contribution in [2.45, 2.75) is 33.7 Å². The van der Waals surface area contributed by atoms with Crippen molar-refractivity contribution in [1.82, 2.24) is 10.3 Å². The molecule has 2 unspecified atom stereocenters. The van der Waals surface area contributed by atoms with Crippen molar-refractivity contribution in [2.24, 2.45) is 11.8 Å². The monoisotopic (exact) mass is 256 g/mol. The van der Waals surface area contributed by atoms with Crippen LogP contribution < -0.4 is 5.32 Å². The van der Waals surface area contributed by atoms with Gasteiger partial charge >= 0.3 is 0 Å². The molecule has 0 bridgehead atoms. The molecule has 102 valence electrons. The van der Waals surface area contributed by atoms with Crippen LogP contribution in [0.25, 0.3) is 10.8 Å². The normalized spacial score (nSPS) is 14.8. The zero-order chi connectivity index (χ0) is 13.8. The van der Waals surface area contributed by atoms with Crippen molar-refractivity contribution in [3.8, 4) is 0 Å². The first kappa shape index (κ1) is 14.0. The fourth-order valence-electron chi connectivity index (χ4n) is 2.60. The van der Waals surface area contributed by atoms with Gasteiger partial charge in [0.05, 0.1) is 0 Å². The van der Waals surface area contributed by atoms with Gasteiger partial charge in [-0.05, 0) is 35.4 Å². The average Bonchev–Trinajstić information content (AvgIpc) is 2.43. The van der Waals surface area contributed by atoms with E-state index >= 15 is 0 Å². The van der Waals surface area contributed by atoms with Crippen LogP contribution >= 0.6 is 0 Å². The number of rotatable bonds is 5. The van der Waals surface area contributed by atoms with Crippen molar-refractivity contribution in [3.05, 3.63) is 42.2 Å². The highest BCUT2D eigenvalue weighted by Gasteiger charge is 2.22. The molecule has 0 aliphatic rings. The predicted molar refractivity (Wildman–Crippen MR) is 82.2 cm³/mol. The van der Waals surface area contributed by atoms with Crippen molar-refractivity contribution in [3.63, 3.8) is 0 Å². The van der Waals surface area contributed by atoms with Gasteiger partial charge in [-0.25, -0.2) is 0 Å². The van der Waals surface area contributed by atoms with Gasteiger partial charge in [-0.1, -0.05) is 45.9 Å². The van der Waals surface area contributed by atoms with E-state index in [-0.39, 0.29) is 0 Å². The lowest BCUT2D eigenvalue weighted by Gasteiger charge is -2.29. The molecule has 1 heterocycles. The summed E-state index contributed by atoms with van der Waals surface area (Å²) in [5.41, 5.74) is 1.39. The van der Waals surface area contributed by atoms with E-state index in [1.165, 1.54) is 16.3 Å². The van der Waals surface area contributed by atoms with E-state index < -0.39 is 0 Å². The lowest BCUT2D eigenvalue weighted by Crippen LogP contribution is -2.29. The summed E-state index contributed by atoms with van der Waals surface area (Å²) < 4.78 is 0. The second kappa shape index (κ2) is 6.16. The summed E-state index contributed by atoms with van der Waals surface area (Å²) in [6.45, 7) is 10.1. The van der Waals surface area contributed by atoms with Gasteiger partial charge in [0, 0.05) is 23.8 Å². The lowest BCUT2D eigenvalue weighted by molar-refractivity contribution is 0.309. The van der Waals surface area contributed by atoms with E-state index in [0.29, 0.717) is 17.9 Å². The molecule has 2 heteroatoms. The van der Waals surface area contributed by atoms with Crippen LogP contribution in [0.2, 0.25) is 0 Å². The Bertz CT molecular complexity index is 528. The Morgan fingerprint density at radius 3 is 2.63 bits per heavy atom. The maximum atomic E-state index is 4.22. The largest absolute Gasteiger partial charge is 0.310 e. The van der Waals surface area contributed by atoms with E-state index in [2.05, 4.69) is 62.3 Å². The molecule has 2 rings (SSSR count). The van der Waals surface area contributed by atoms with Crippen LogP contribution in [0.3, 0.4) is 0 Å². The minimum atomic E-state index is 0.399. The molecular formula is C17H24N2. The van der Waals surface area contributed by atoms with Gasteiger partial charge in [0.2, 0.25) is 0 Å². The van der Waals surface area contributed by atoms with E-state index in [1.54, 1.807) is 0 Å². The second-order valence-corrected chi connectivity index (χ2v) is 5.58. The number of nitrogens with zero attached hydrogens (tertiary/aromatic N) is 1. The predicted octanol–water partition coefficient (Wildman–Crippen LogP) is 4.18. The molecule has 1 aromatic carbocycles. The molecule has 1 aromatic heterocycles. The molecule has 0 aliphatic carbocycles. The number of hydrogen-bond acceptors (Lipinski definition) is 2. The Balaban J connectivity index is 2.49. The fraction of sp³-hybridized carbons (Fsp3) is 0.471. The van der Waals surface area contributed by atoms with Crippen LogP contribution in [0.4, 0.5) is 0 Å². The molecule has 2 nitrogen and oxygen atoms in total. The zero-order valence-electron chi connectivity index (χ0n) is 12.4. The highest BCUT2D eigenvalue weighted by atomic mass is 14.9. The molecule has 2 aromatic rings. The Labute approximate surface area is 116 Å². The van der Waals surface area contributed by atoms with Gasteiger partial charge in [0.1, 0.15) is 0 Å². The maximum absolute atomic E-state index is 4.22. The first-order valence-corrected chi connectivity index (χ1v) is 7.21. The first-order chi connectivity index (χ1) is 9.15. The molecule has 0 amide bonds. The number of fused-ring (bicyclic) bond motifs is 1. The Morgan fingerprint density at radius 2 is 1.95 bits per heavy atom. The fourth-order valence-corrected chi connectivity index (χ4v) is 2.60. The molecule has 0 saturated heterocycles. The molecular weight excluding hydrogens is 232 g/mol. The third kappa shape index (κ3) is 2.95. The van der Waals surface area contributed by atoms with Crippen molar-refractivity contribution >= 4 is 10.8 Å². The van der Waals surface area contributed by atoms with Crippen LogP contribution in [-0.2, 0) is 0 Å². The Hall–Kier alpha value is -1.41. The summed E-state index contributed by atoms with van der Waals surface area (Å²) in [7, 11) is 0. The molecule has 19 heavy (non-hydrogen) atoms. The minimum Gasteiger partial charge on any atom is -0.310 e. The first-order valence-electron chi connectivity index (χ1n) is 7.21. The average molecular weight is 256 g/mol. The lowest BCUT2D eigenvalue weighted by atomic mass is 9.84. The summed E-state index contributed by atoms with van der Waals surface area (Å²) in [6, 6.07) is 9.04. The number of benzene rings is 1. The quantitative estimate of drug-likeness (QED) is 0.868. The van der Waals surface area contributed by atoms with Crippen LogP contribution in [0.15, 0.2) is 36.7 Å². The zero-order valence-corrected chi connectivity index (χ0v) is 12.4. The molecule has 0 saturated carbocycles. The molecule has 0 radical (unpaired) electrons. The Morgan fingerprint density at radius 1 is 1.16 bits per heavy atom. The highest BCUT2D eigenvalue weighted by Crippen LogP contribution is 2.32. The third-order valence-corrected chi connectivity index (χ3v) is 4.05. The summed E-state index contributed by atoms with van der Waals surface area (Å²) in [4.78, 5) is 4.22. The summed E-state index contributed by atoms with van der Waals surface area (Å²) in [6.07, 6.45) is 3.83. The van der Waals surface area contributed by atoms with Crippen LogP contribution in [0, 0.1) is 11.8 Å². The molecule has 0 spiro atoms. The standard InChI is InChI=1S/C17H24N2/c1-5-19-17(13(4)12(2)3)16-8-6-7-14-11-18-10-9-15(14)16/h6-13,17,19H,5H2,1-4H3. The third-order valence-electron chi connectivity index (χ3n) is 4.05. The highest BCUT2D eigenvalue weighted by molar-refractivity contribution is 5.85. The summed E-state index contributed by atoms with van der Waals surface area (Å²) in [5.74, 6) is 1.25. The number of aromatic nitrogens is 1. The number of nitrogens with one attached hydrogen (secondary N) is 1. The van der Waals surface area contributed by atoms with Gasteiger partial charge in [0.25, 0.3) is 0 Å². The summed E-state index contributed by atoms with van der Waals surface area (Å²) >= 11 is 0. The van der Waals surface area contributed by atoms with E-state index in [4.69, 9.17) is 0 Å². The van der Waals surface area contributed by atoms with E-state index in [0.717, 1.165) is 6.54 Å². The van der Waals surface area contributed by atoms with Crippen molar-refractivity contribution in [1.29, 1.82) is 0 Å². The Kier molecular flexibility index (Phi) is 4.54.